The fourth-order valence-corrected chi connectivity index (χ4v) is 4.73. The molecule has 2 aliphatic rings. The SMILES string of the molecule is CN(C(=O)c1cccc(OCCc2ccccn2)c1)C1/C=C/CCC2(O)CCC1C2. The summed E-state index contributed by atoms with van der Waals surface area (Å²) in [5.74, 6) is 0.975. The number of ether oxygens (including phenoxy) is 1. The van der Waals surface area contributed by atoms with E-state index in [2.05, 4.69) is 17.1 Å². The Balaban J connectivity index is 1.41. The highest BCUT2D eigenvalue weighted by atomic mass is 16.5. The number of hydrogen-bond donors (Lipinski definition) is 1. The average Bonchev–Trinajstić information content (AvgIpc) is 3.17. The second kappa shape index (κ2) is 9.00. The summed E-state index contributed by atoms with van der Waals surface area (Å²) >= 11 is 0. The quantitative estimate of drug-likeness (QED) is 0.736. The molecule has 2 aliphatic carbocycles. The second-order valence-electron chi connectivity index (χ2n) is 8.55. The fourth-order valence-electron chi connectivity index (χ4n) is 4.73. The van der Waals surface area contributed by atoms with Gasteiger partial charge in [0.05, 0.1) is 18.2 Å². The Morgan fingerprint density at radius 3 is 3.00 bits per heavy atom. The van der Waals surface area contributed by atoms with Crippen molar-refractivity contribution >= 4 is 5.91 Å². The zero-order valence-corrected chi connectivity index (χ0v) is 17.5. The van der Waals surface area contributed by atoms with E-state index in [-0.39, 0.29) is 11.9 Å². The number of carbonyl (C=O) groups is 1. The van der Waals surface area contributed by atoms with Gasteiger partial charge in [0.25, 0.3) is 5.91 Å². The van der Waals surface area contributed by atoms with Crippen LogP contribution in [0.15, 0.2) is 60.8 Å². The summed E-state index contributed by atoms with van der Waals surface area (Å²) in [5, 5.41) is 10.7. The first-order chi connectivity index (χ1) is 14.5. The summed E-state index contributed by atoms with van der Waals surface area (Å²) < 4.78 is 5.87. The third kappa shape index (κ3) is 4.73. The lowest BCUT2D eigenvalue weighted by Crippen LogP contribution is -2.41. The number of aromatic nitrogens is 1. The van der Waals surface area contributed by atoms with Crippen LogP contribution in [0.4, 0.5) is 0 Å². The van der Waals surface area contributed by atoms with Crippen molar-refractivity contribution in [3.63, 3.8) is 0 Å². The van der Waals surface area contributed by atoms with Crippen LogP contribution in [0.2, 0.25) is 0 Å². The lowest BCUT2D eigenvalue weighted by atomic mass is 9.88. The zero-order valence-electron chi connectivity index (χ0n) is 17.5. The minimum absolute atomic E-state index is 0.0144. The number of aliphatic hydroxyl groups is 1. The van der Waals surface area contributed by atoms with Crippen molar-refractivity contribution in [1.82, 2.24) is 9.88 Å². The van der Waals surface area contributed by atoms with Crippen LogP contribution in [-0.4, -0.2) is 46.2 Å². The van der Waals surface area contributed by atoms with Gasteiger partial charge in [0.2, 0.25) is 0 Å². The van der Waals surface area contributed by atoms with Gasteiger partial charge in [-0.15, -0.1) is 0 Å². The molecule has 4 rings (SSSR count). The van der Waals surface area contributed by atoms with E-state index in [1.54, 1.807) is 6.20 Å². The number of hydrogen-bond acceptors (Lipinski definition) is 4. The number of rotatable bonds is 6. The zero-order chi connectivity index (χ0) is 21.0. The van der Waals surface area contributed by atoms with Gasteiger partial charge in [-0.2, -0.15) is 0 Å². The van der Waals surface area contributed by atoms with Gasteiger partial charge in [0.1, 0.15) is 5.75 Å². The smallest absolute Gasteiger partial charge is 0.254 e. The summed E-state index contributed by atoms with van der Waals surface area (Å²) in [5.41, 5.74) is 1.05. The molecule has 2 aromatic rings. The molecule has 1 saturated carbocycles. The van der Waals surface area contributed by atoms with Crippen molar-refractivity contribution in [3.8, 4) is 5.75 Å². The van der Waals surface area contributed by atoms with E-state index in [4.69, 9.17) is 4.74 Å². The minimum Gasteiger partial charge on any atom is -0.493 e. The van der Waals surface area contributed by atoms with Crippen molar-refractivity contribution in [1.29, 1.82) is 0 Å². The maximum atomic E-state index is 13.2. The van der Waals surface area contributed by atoms with Gasteiger partial charge < -0.3 is 14.7 Å². The maximum Gasteiger partial charge on any atom is 0.254 e. The number of benzene rings is 1. The predicted octanol–water partition coefficient (Wildman–Crippen LogP) is 4.02. The van der Waals surface area contributed by atoms with Crippen molar-refractivity contribution in [2.45, 2.75) is 50.2 Å². The fraction of sp³-hybridized carbons (Fsp3) is 0.440. The molecule has 0 radical (unpaired) electrons. The van der Waals surface area contributed by atoms with Gasteiger partial charge in [-0.3, -0.25) is 9.78 Å². The van der Waals surface area contributed by atoms with Crippen molar-refractivity contribution in [2.75, 3.05) is 13.7 Å². The summed E-state index contributed by atoms with van der Waals surface area (Å²) in [6.07, 6.45) is 11.0. The number of likely N-dealkylation sites (N-methyl/N-ethyl adjacent to an activating group) is 1. The number of pyridine rings is 1. The average molecular weight is 407 g/mol. The number of amides is 1. The number of carbonyl (C=O) groups excluding carboxylic acids is 1. The largest absolute Gasteiger partial charge is 0.493 e. The van der Waals surface area contributed by atoms with E-state index < -0.39 is 5.60 Å². The molecule has 1 aromatic carbocycles. The Morgan fingerprint density at radius 2 is 2.17 bits per heavy atom. The number of fused-ring (bicyclic) bond motifs is 2. The third-order valence-electron chi connectivity index (χ3n) is 6.42. The van der Waals surface area contributed by atoms with E-state index in [1.807, 2.05) is 54.4 Å². The third-order valence-corrected chi connectivity index (χ3v) is 6.42. The van der Waals surface area contributed by atoms with E-state index in [0.717, 1.165) is 44.2 Å². The first-order valence-electron chi connectivity index (χ1n) is 10.8. The van der Waals surface area contributed by atoms with Crippen LogP contribution in [0, 0.1) is 5.92 Å². The van der Waals surface area contributed by atoms with E-state index in [0.29, 0.717) is 23.8 Å². The lowest BCUT2D eigenvalue weighted by Gasteiger charge is -2.33. The highest BCUT2D eigenvalue weighted by molar-refractivity contribution is 5.94. The van der Waals surface area contributed by atoms with Crippen LogP contribution >= 0.6 is 0 Å². The monoisotopic (exact) mass is 406 g/mol. The van der Waals surface area contributed by atoms with Gasteiger partial charge in [0.15, 0.2) is 0 Å². The lowest BCUT2D eigenvalue weighted by molar-refractivity contribution is 0.0294. The first-order valence-corrected chi connectivity index (χ1v) is 10.8. The molecule has 0 aliphatic heterocycles. The molecule has 1 aromatic heterocycles. The van der Waals surface area contributed by atoms with Crippen LogP contribution in [0.5, 0.6) is 5.75 Å². The molecule has 3 unspecified atom stereocenters. The Hall–Kier alpha value is -2.66. The molecule has 5 heteroatoms. The van der Waals surface area contributed by atoms with Crippen LogP contribution in [0.1, 0.15) is 48.2 Å². The molecule has 1 amide bonds. The summed E-state index contributed by atoms with van der Waals surface area (Å²) in [6, 6.07) is 13.2. The number of nitrogens with zero attached hydrogens (tertiary/aromatic N) is 2. The predicted molar refractivity (Wildman–Crippen MR) is 116 cm³/mol. The van der Waals surface area contributed by atoms with Gasteiger partial charge in [-0.25, -0.2) is 0 Å². The molecule has 158 valence electrons. The summed E-state index contributed by atoms with van der Waals surface area (Å²) in [4.78, 5) is 19.3. The van der Waals surface area contributed by atoms with Crippen molar-refractivity contribution < 1.29 is 14.6 Å². The topological polar surface area (TPSA) is 62.7 Å². The summed E-state index contributed by atoms with van der Waals surface area (Å²) in [7, 11) is 1.87. The van der Waals surface area contributed by atoms with Gasteiger partial charge in [0, 0.05) is 30.9 Å². The molecule has 0 saturated heterocycles. The standard InChI is InChI=1S/C25H30N2O3/c1-27(23-10-2-4-13-25(29)14-11-20(23)18-25)24(28)19-7-6-9-22(17-19)30-16-12-21-8-3-5-15-26-21/h2-3,5-10,15,17,20,23,29H,4,11-14,16,18H2,1H3/b10-2+. The molecule has 2 bridgehead atoms. The van der Waals surface area contributed by atoms with E-state index in [9.17, 15) is 9.90 Å². The van der Waals surface area contributed by atoms with Gasteiger partial charge >= 0.3 is 0 Å². The molecule has 1 fully saturated rings. The second-order valence-corrected chi connectivity index (χ2v) is 8.55. The maximum absolute atomic E-state index is 13.2. The Bertz CT molecular complexity index is 898. The van der Waals surface area contributed by atoms with Gasteiger partial charge in [-0.05, 0) is 68.4 Å². The van der Waals surface area contributed by atoms with E-state index in [1.165, 1.54) is 0 Å². The highest BCUT2D eigenvalue weighted by Crippen LogP contribution is 2.42. The first kappa shape index (κ1) is 20.6. The Kier molecular flexibility index (Phi) is 6.18. The molecule has 3 atom stereocenters. The Morgan fingerprint density at radius 1 is 1.27 bits per heavy atom. The van der Waals surface area contributed by atoms with Crippen molar-refractivity contribution in [2.24, 2.45) is 5.92 Å². The highest BCUT2D eigenvalue weighted by Gasteiger charge is 2.42. The molecule has 30 heavy (non-hydrogen) atoms. The molecular weight excluding hydrogens is 376 g/mol. The normalized spacial score (nSPS) is 26.5. The molecule has 5 nitrogen and oxygen atoms in total. The van der Waals surface area contributed by atoms with Crippen LogP contribution < -0.4 is 4.74 Å². The molecule has 1 heterocycles. The Labute approximate surface area is 178 Å². The van der Waals surface area contributed by atoms with Crippen LogP contribution in [0.25, 0.3) is 0 Å². The van der Waals surface area contributed by atoms with Gasteiger partial charge in [-0.1, -0.05) is 24.3 Å². The van der Waals surface area contributed by atoms with Crippen LogP contribution in [-0.2, 0) is 6.42 Å². The summed E-state index contributed by atoms with van der Waals surface area (Å²) in [6.45, 7) is 0.510. The van der Waals surface area contributed by atoms with Crippen molar-refractivity contribution in [3.05, 3.63) is 72.1 Å². The van der Waals surface area contributed by atoms with E-state index >= 15 is 0 Å². The van der Waals surface area contributed by atoms with Crippen LogP contribution in [0.3, 0.4) is 0 Å². The number of allylic oxidation sites excluding steroid dienone is 1. The molecule has 0 spiro atoms. The minimum atomic E-state index is -0.557. The molecular formula is C25H30N2O3. The molecule has 1 N–H and O–H groups in total.